The molecule has 0 atom stereocenters. The van der Waals surface area contributed by atoms with Gasteiger partial charge in [-0.15, -0.1) is 11.3 Å². The van der Waals surface area contributed by atoms with Crippen LogP contribution in [0.2, 0.25) is 0 Å². The van der Waals surface area contributed by atoms with Gasteiger partial charge in [-0.2, -0.15) is 0 Å². The molecule has 0 radical (unpaired) electrons. The summed E-state index contributed by atoms with van der Waals surface area (Å²) in [6.45, 7) is 0. The third-order valence-corrected chi connectivity index (χ3v) is 5.18. The summed E-state index contributed by atoms with van der Waals surface area (Å²) < 4.78 is 16.0. The van der Waals surface area contributed by atoms with Crippen LogP contribution in [0, 0.1) is 5.82 Å². The number of halogens is 1. The van der Waals surface area contributed by atoms with E-state index in [2.05, 4.69) is 9.97 Å². The molecule has 25 heavy (non-hydrogen) atoms. The lowest BCUT2D eigenvalue weighted by atomic mass is 9.96. The maximum atomic E-state index is 14.3. The van der Waals surface area contributed by atoms with Crippen molar-refractivity contribution in [2.45, 2.75) is 0 Å². The van der Waals surface area contributed by atoms with E-state index in [1.807, 2.05) is 25.1 Å². The number of rotatable bonds is 2. The summed E-state index contributed by atoms with van der Waals surface area (Å²) in [6.07, 6.45) is 3.10. The van der Waals surface area contributed by atoms with Crippen molar-refractivity contribution in [1.82, 2.24) is 14.5 Å². The normalized spacial score (nSPS) is 11.3. The highest BCUT2D eigenvalue weighted by Gasteiger charge is 2.17. The first-order chi connectivity index (χ1) is 12.0. The van der Waals surface area contributed by atoms with Crippen LogP contribution in [0.3, 0.4) is 0 Å². The molecule has 0 bridgehead atoms. The summed E-state index contributed by atoms with van der Waals surface area (Å²) >= 11 is 1.28. The fraction of sp³-hybridized carbons (Fsp3) is 0.118. The van der Waals surface area contributed by atoms with Crippen LogP contribution in [0.1, 0.15) is 0 Å². The average Bonchev–Trinajstić information content (AvgIpc) is 2.95. The molecule has 4 aromatic rings. The standard InChI is InChI=1S/C17H14BFN4OS/c1-22(2)12-5-6-20-16-13(12)14-15(25-16)17(24)23(8-21-14)11-4-3-9(18)7-10(11)19/h3-8H,18H2,1-2H3. The number of benzene rings is 1. The molecular weight excluding hydrogens is 338 g/mol. The number of hydrogen-bond donors (Lipinski definition) is 0. The summed E-state index contributed by atoms with van der Waals surface area (Å²) in [5.41, 5.74) is 2.25. The van der Waals surface area contributed by atoms with Crippen molar-refractivity contribution in [3.8, 4) is 5.69 Å². The summed E-state index contributed by atoms with van der Waals surface area (Å²) in [4.78, 5) is 24.5. The van der Waals surface area contributed by atoms with Gasteiger partial charge in [-0.1, -0.05) is 11.5 Å². The number of hydrogen-bond acceptors (Lipinski definition) is 5. The van der Waals surface area contributed by atoms with Gasteiger partial charge in [0.15, 0.2) is 0 Å². The van der Waals surface area contributed by atoms with Crippen molar-refractivity contribution >= 4 is 50.8 Å². The van der Waals surface area contributed by atoms with E-state index < -0.39 is 5.82 Å². The molecular formula is C17H14BFN4OS. The van der Waals surface area contributed by atoms with Gasteiger partial charge in [0.1, 0.15) is 29.5 Å². The van der Waals surface area contributed by atoms with Crippen LogP contribution >= 0.6 is 11.3 Å². The third-order valence-electron chi connectivity index (χ3n) is 4.10. The molecule has 0 unspecified atom stereocenters. The monoisotopic (exact) mass is 352 g/mol. The summed E-state index contributed by atoms with van der Waals surface area (Å²) in [6, 6.07) is 6.66. The van der Waals surface area contributed by atoms with E-state index in [4.69, 9.17) is 0 Å². The highest BCUT2D eigenvalue weighted by molar-refractivity contribution is 7.25. The molecule has 5 nitrogen and oxygen atoms in total. The van der Waals surface area contributed by atoms with Gasteiger partial charge in [0.05, 0.1) is 22.3 Å². The molecule has 0 saturated heterocycles. The van der Waals surface area contributed by atoms with Crippen LogP contribution in [0.4, 0.5) is 10.1 Å². The van der Waals surface area contributed by atoms with Crippen LogP contribution in [0.15, 0.2) is 41.6 Å². The van der Waals surface area contributed by atoms with E-state index in [1.165, 1.54) is 28.3 Å². The molecule has 0 aliphatic carbocycles. The number of anilines is 1. The van der Waals surface area contributed by atoms with E-state index in [0.717, 1.165) is 21.4 Å². The zero-order valence-electron chi connectivity index (χ0n) is 13.9. The molecule has 0 saturated carbocycles. The first-order valence-corrected chi connectivity index (χ1v) is 8.51. The van der Waals surface area contributed by atoms with Gasteiger partial charge in [0.2, 0.25) is 0 Å². The smallest absolute Gasteiger partial charge is 0.276 e. The first-order valence-electron chi connectivity index (χ1n) is 7.70. The fourth-order valence-electron chi connectivity index (χ4n) is 2.89. The van der Waals surface area contributed by atoms with E-state index in [0.29, 0.717) is 10.2 Å². The Bertz CT molecular complexity index is 1180. The fourth-order valence-corrected chi connectivity index (χ4v) is 3.94. The lowest BCUT2D eigenvalue weighted by Crippen LogP contribution is -2.20. The summed E-state index contributed by atoms with van der Waals surface area (Å²) in [5.74, 6) is -0.448. The minimum Gasteiger partial charge on any atom is -0.377 e. The van der Waals surface area contributed by atoms with Gasteiger partial charge in [-0.05, 0) is 18.2 Å². The summed E-state index contributed by atoms with van der Waals surface area (Å²) in [5, 5.41) is 0.848. The Morgan fingerprint density at radius 3 is 2.76 bits per heavy atom. The van der Waals surface area contributed by atoms with Gasteiger partial charge in [-0.3, -0.25) is 9.36 Å². The van der Waals surface area contributed by atoms with E-state index in [-0.39, 0.29) is 11.2 Å². The zero-order valence-corrected chi connectivity index (χ0v) is 14.8. The quantitative estimate of drug-likeness (QED) is 0.513. The van der Waals surface area contributed by atoms with Gasteiger partial charge in [-0.25, -0.2) is 14.4 Å². The second kappa shape index (κ2) is 5.66. The SMILES string of the molecule is Bc1ccc(-n2cnc3c(sc4nccc(N(C)C)c43)c2=O)c(F)c1. The average molecular weight is 352 g/mol. The Hall–Kier alpha value is -2.74. The van der Waals surface area contributed by atoms with E-state index >= 15 is 0 Å². The van der Waals surface area contributed by atoms with Crippen molar-refractivity contribution in [2.24, 2.45) is 0 Å². The predicted molar refractivity (Wildman–Crippen MR) is 103 cm³/mol. The van der Waals surface area contributed by atoms with Crippen LogP contribution in [0.25, 0.3) is 26.1 Å². The Morgan fingerprint density at radius 2 is 2.04 bits per heavy atom. The predicted octanol–water partition coefficient (Wildman–Crippen LogP) is 1.46. The van der Waals surface area contributed by atoms with Gasteiger partial charge < -0.3 is 4.90 Å². The maximum Gasteiger partial charge on any atom is 0.276 e. The molecule has 8 heteroatoms. The molecule has 0 N–H and O–H groups in total. The van der Waals surface area contributed by atoms with Crippen molar-refractivity contribution < 1.29 is 4.39 Å². The number of fused-ring (bicyclic) bond motifs is 3. The van der Waals surface area contributed by atoms with Crippen molar-refractivity contribution in [3.05, 3.63) is 53.0 Å². The maximum absolute atomic E-state index is 14.3. The van der Waals surface area contributed by atoms with Crippen LogP contribution < -0.4 is 15.9 Å². The van der Waals surface area contributed by atoms with Crippen LogP contribution in [-0.4, -0.2) is 36.5 Å². The van der Waals surface area contributed by atoms with Crippen molar-refractivity contribution in [3.63, 3.8) is 0 Å². The minimum atomic E-state index is -0.448. The molecule has 1 aromatic carbocycles. The second-order valence-corrected chi connectivity index (χ2v) is 7.06. The lowest BCUT2D eigenvalue weighted by molar-refractivity contribution is 0.617. The summed E-state index contributed by atoms with van der Waals surface area (Å²) in [7, 11) is 5.67. The third kappa shape index (κ3) is 2.41. The molecule has 3 heterocycles. The van der Waals surface area contributed by atoms with Gasteiger partial charge >= 0.3 is 0 Å². The highest BCUT2D eigenvalue weighted by Crippen LogP contribution is 2.35. The van der Waals surface area contributed by atoms with Crippen molar-refractivity contribution in [2.75, 3.05) is 19.0 Å². The Balaban J connectivity index is 2.06. The van der Waals surface area contributed by atoms with E-state index in [1.54, 1.807) is 26.2 Å². The number of thiophene rings is 1. The number of pyridine rings is 1. The van der Waals surface area contributed by atoms with Crippen molar-refractivity contribution in [1.29, 1.82) is 0 Å². The van der Waals surface area contributed by atoms with Crippen LogP contribution in [0.5, 0.6) is 0 Å². The molecule has 0 amide bonds. The van der Waals surface area contributed by atoms with E-state index in [9.17, 15) is 9.18 Å². The number of aromatic nitrogens is 3. The molecule has 0 spiro atoms. The lowest BCUT2D eigenvalue weighted by Gasteiger charge is -2.13. The van der Waals surface area contributed by atoms with Crippen LogP contribution in [-0.2, 0) is 0 Å². The molecule has 0 fully saturated rings. The molecule has 3 aromatic heterocycles. The largest absolute Gasteiger partial charge is 0.377 e. The zero-order chi connectivity index (χ0) is 17.7. The Morgan fingerprint density at radius 1 is 1.24 bits per heavy atom. The van der Waals surface area contributed by atoms with Gasteiger partial charge in [0.25, 0.3) is 5.56 Å². The Kier molecular flexibility index (Phi) is 3.57. The van der Waals surface area contributed by atoms with Gasteiger partial charge in [0, 0.05) is 20.3 Å². The number of nitrogens with zero attached hydrogens (tertiary/aromatic N) is 4. The first kappa shape index (κ1) is 15.8. The second-order valence-electron chi connectivity index (χ2n) is 6.06. The molecule has 0 aliphatic rings. The Labute approximate surface area is 147 Å². The highest BCUT2D eigenvalue weighted by atomic mass is 32.1. The topological polar surface area (TPSA) is 51.0 Å². The molecule has 0 aliphatic heterocycles. The molecule has 4 rings (SSSR count). The molecule has 124 valence electrons. The minimum absolute atomic E-state index is 0.197.